The summed E-state index contributed by atoms with van der Waals surface area (Å²) in [5.74, 6) is -0.252. The predicted molar refractivity (Wildman–Crippen MR) is 83.1 cm³/mol. The van der Waals surface area contributed by atoms with Crippen LogP contribution < -0.4 is 11.1 Å². The number of carbonyl (C=O) groups excluding carboxylic acids is 1. The second kappa shape index (κ2) is 7.96. The number of ether oxygens (including phenoxy) is 1. The Morgan fingerprint density at radius 2 is 2.08 bits per heavy atom. The van der Waals surface area contributed by atoms with Crippen molar-refractivity contribution in [1.29, 1.82) is 0 Å². The van der Waals surface area contributed by atoms with E-state index in [1.807, 2.05) is 0 Å². The number of hydrogen-bond acceptors (Lipinski definition) is 4. The number of rotatable bonds is 6. The Hall–Kier alpha value is -1.64. The van der Waals surface area contributed by atoms with Crippen LogP contribution >= 0.6 is 0 Å². The van der Waals surface area contributed by atoms with E-state index in [2.05, 4.69) is 10.2 Å². The Kier molecular flexibility index (Phi) is 6.20. The maximum atomic E-state index is 12.5. The van der Waals surface area contributed by atoms with Gasteiger partial charge in [0.1, 0.15) is 6.04 Å². The van der Waals surface area contributed by atoms with E-state index in [0.29, 0.717) is 13.1 Å². The van der Waals surface area contributed by atoms with E-state index in [-0.39, 0.29) is 18.6 Å². The number of benzene rings is 1. The minimum Gasteiger partial charge on any atom is -0.383 e. The van der Waals surface area contributed by atoms with Crippen molar-refractivity contribution < 1.29 is 22.7 Å². The van der Waals surface area contributed by atoms with Crippen molar-refractivity contribution in [2.45, 2.75) is 31.2 Å². The van der Waals surface area contributed by atoms with Gasteiger partial charge < -0.3 is 15.8 Å². The summed E-state index contributed by atoms with van der Waals surface area (Å²) in [5, 5.41) is 2.87. The third-order valence-corrected chi connectivity index (χ3v) is 3.99. The lowest BCUT2D eigenvalue weighted by molar-refractivity contribution is -0.137. The lowest BCUT2D eigenvalue weighted by atomic mass is 10.1. The summed E-state index contributed by atoms with van der Waals surface area (Å²) in [6, 6.07) is 4.46. The van der Waals surface area contributed by atoms with Crippen LogP contribution in [0.25, 0.3) is 0 Å². The number of halogens is 3. The fourth-order valence-electron chi connectivity index (χ4n) is 2.71. The number of alkyl halides is 3. The highest BCUT2D eigenvalue weighted by Crippen LogP contribution is 2.29. The molecule has 8 heteroatoms. The van der Waals surface area contributed by atoms with Crippen LogP contribution in [0.2, 0.25) is 0 Å². The maximum Gasteiger partial charge on any atom is 0.416 e. The van der Waals surface area contributed by atoms with Gasteiger partial charge in [-0.1, -0.05) is 12.1 Å². The SMILES string of the molecule is COCC(N)C(=O)NC1CCN(Cc2ccc(C(F)(F)F)cc2)C1. The van der Waals surface area contributed by atoms with Gasteiger partial charge in [-0.3, -0.25) is 9.69 Å². The molecule has 1 fully saturated rings. The first kappa shape index (κ1) is 18.7. The molecule has 1 aromatic rings. The van der Waals surface area contributed by atoms with Gasteiger partial charge in [0.05, 0.1) is 12.2 Å². The first-order valence-corrected chi connectivity index (χ1v) is 7.73. The fraction of sp³-hybridized carbons (Fsp3) is 0.562. The van der Waals surface area contributed by atoms with E-state index < -0.39 is 17.8 Å². The highest BCUT2D eigenvalue weighted by atomic mass is 19.4. The predicted octanol–water partition coefficient (Wildman–Crippen LogP) is 1.37. The van der Waals surface area contributed by atoms with Crippen LogP contribution in [0.5, 0.6) is 0 Å². The van der Waals surface area contributed by atoms with Crippen molar-refractivity contribution in [3.63, 3.8) is 0 Å². The van der Waals surface area contributed by atoms with Gasteiger partial charge in [-0.05, 0) is 24.1 Å². The molecular weight excluding hydrogens is 323 g/mol. The molecule has 1 aliphatic heterocycles. The van der Waals surface area contributed by atoms with Crippen molar-refractivity contribution >= 4 is 5.91 Å². The fourth-order valence-corrected chi connectivity index (χ4v) is 2.71. The molecule has 2 rings (SSSR count). The van der Waals surface area contributed by atoms with Crippen LogP contribution in [0.3, 0.4) is 0 Å². The van der Waals surface area contributed by atoms with E-state index in [1.165, 1.54) is 19.2 Å². The molecule has 1 heterocycles. The van der Waals surface area contributed by atoms with Gasteiger partial charge in [0.15, 0.2) is 0 Å². The molecule has 2 unspecified atom stereocenters. The van der Waals surface area contributed by atoms with Crippen LogP contribution in [0, 0.1) is 0 Å². The summed E-state index contributed by atoms with van der Waals surface area (Å²) < 4.78 is 42.5. The molecule has 0 aliphatic carbocycles. The molecule has 2 atom stereocenters. The zero-order valence-corrected chi connectivity index (χ0v) is 13.5. The largest absolute Gasteiger partial charge is 0.416 e. The molecule has 134 valence electrons. The zero-order chi connectivity index (χ0) is 17.7. The second-order valence-corrected chi connectivity index (χ2v) is 5.99. The lowest BCUT2D eigenvalue weighted by Gasteiger charge is -2.18. The maximum absolute atomic E-state index is 12.5. The molecule has 0 saturated carbocycles. The summed E-state index contributed by atoms with van der Waals surface area (Å²) in [6.45, 7) is 2.13. The van der Waals surface area contributed by atoms with E-state index >= 15 is 0 Å². The van der Waals surface area contributed by atoms with E-state index in [9.17, 15) is 18.0 Å². The van der Waals surface area contributed by atoms with Crippen LogP contribution in [-0.4, -0.2) is 49.7 Å². The molecule has 0 aromatic heterocycles. The van der Waals surface area contributed by atoms with Crippen molar-refractivity contribution in [2.75, 3.05) is 26.8 Å². The van der Waals surface area contributed by atoms with Gasteiger partial charge in [-0.25, -0.2) is 0 Å². The number of nitrogens with two attached hydrogens (primary N) is 1. The molecule has 0 radical (unpaired) electrons. The number of methoxy groups -OCH3 is 1. The van der Waals surface area contributed by atoms with E-state index in [4.69, 9.17) is 10.5 Å². The van der Waals surface area contributed by atoms with Crippen molar-refractivity contribution in [2.24, 2.45) is 5.73 Å². The Morgan fingerprint density at radius 1 is 1.42 bits per heavy atom. The highest BCUT2D eigenvalue weighted by molar-refractivity contribution is 5.81. The standard InChI is InChI=1S/C16H22F3N3O2/c1-24-10-14(20)15(23)21-13-6-7-22(9-13)8-11-2-4-12(5-3-11)16(17,18)19/h2-5,13-14H,6-10,20H2,1H3,(H,21,23). The first-order valence-electron chi connectivity index (χ1n) is 7.73. The Labute approximate surface area is 138 Å². The van der Waals surface area contributed by atoms with Gasteiger partial charge in [0.2, 0.25) is 5.91 Å². The summed E-state index contributed by atoms with van der Waals surface area (Å²) in [6.07, 6.45) is -3.53. The quantitative estimate of drug-likeness (QED) is 0.817. The molecular formula is C16H22F3N3O2. The van der Waals surface area contributed by atoms with E-state index in [0.717, 1.165) is 30.7 Å². The average molecular weight is 345 g/mol. The molecule has 1 aliphatic rings. The van der Waals surface area contributed by atoms with Crippen LogP contribution in [0.1, 0.15) is 17.5 Å². The molecule has 0 bridgehead atoms. The second-order valence-electron chi connectivity index (χ2n) is 5.99. The summed E-state index contributed by atoms with van der Waals surface area (Å²) in [4.78, 5) is 13.9. The number of nitrogens with zero attached hydrogens (tertiary/aromatic N) is 1. The minimum absolute atomic E-state index is 0.00476. The molecule has 24 heavy (non-hydrogen) atoms. The molecule has 1 amide bonds. The van der Waals surface area contributed by atoms with Crippen molar-refractivity contribution in [3.05, 3.63) is 35.4 Å². The average Bonchev–Trinajstić information content (AvgIpc) is 2.94. The Morgan fingerprint density at radius 3 is 2.67 bits per heavy atom. The van der Waals surface area contributed by atoms with Crippen LogP contribution in [0.15, 0.2) is 24.3 Å². The Bertz CT molecular complexity index is 548. The number of nitrogens with one attached hydrogen (secondary N) is 1. The minimum atomic E-state index is -4.32. The Balaban J connectivity index is 1.82. The summed E-state index contributed by atoms with van der Waals surface area (Å²) in [5.41, 5.74) is 5.83. The summed E-state index contributed by atoms with van der Waals surface area (Å²) >= 11 is 0. The monoisotopic (exact) mass is 345 g/mol. The molecule has 1 aromatic carbocycles. The molecule has 1 saturated heterocycles. The van der Waals surface area contributed by atoms with Crippen LogP contribution in [-0.2, 0) is 22.3 Å². The van der Waals surface area contributed by atoms with Gasteiger partial charge >= 0.3 is 6.18 Å². The van der Waals surface area contributed by atoms with Crippen molar-refractivity contribution in [1.82, 2.24) is 10.2 Å². The van der Waals surface area contributed by atoms with Crippen LogP contribution in [0.4, 0.5) is 13.2 Å². The number of likely N-dealkylation sites (tertiary alicyclic amines) is 1. The topological polar surface area (TPSA) is 67.6 Å². The van der Waals surface area contributed by atoms with Crippen molar-refractivity contribution in [3.8, 4) is 0 Å². The molecule has 3 N–H and O–H groups in total. The normalized spacial score (nSPS) is 20.1. The number of amides is 1. The third kappa shape index (κ3) is 5.19. The smallest absolute Gasteiger partial charge is 0.383 e. The molecule has 0 spiro atoms. The third-order valence-electron chi connectivity index (χ3n) is 3.99. The summed E-state index contributed by atoms with van der Waals surface area (Å²) in [7, 11) is 1.48. The number of carbonyl (C=O) groups is 1. The van der Waals surface area contributed by atoms with Gasteiger partial charge in [0, 0.05) is 32.8 Å². The molecule has 5 nitrogen and oxygen atoms in total. The number of hydrogen-bond donors (Lipinski definition) is 2. The first-order chi connectivity index (χ1) is 11.3. The zero-order valence-electron chi connectivity index (χ0n) is 13.5. The highest BCUT2D eigenvalue weighted by Gasteiger charge is 2.30. The van der Waals surface area contributed by atoms with Gasteiger partial charge in [0.25, 0.3) is 0 Å². The van der Waals surface area contributed by atoms with Gasteiger partial charge in [-0.2, -0.15) is 13.2 Å². The van der Waals surface area contributed by atoms with E-state index in [1.54, 1.807) is 0 Å². The van der Waals surface area contributed by atoms with Gasteiger partial charge in [-0.15, -0.1) is 0 Å². The lowest BCUT2D eigenvalue weighted by Crippen LogP contribution is -2.48.